The van der Waals surface area contributed by atoms with Crippen molar-refractivity contribution in [3.8, 4) is 11.5 Å². The van der Waals surface area contributed by atoms with E-state index in [4.69, 9.17) is 4.74 Å². The molecule has 0 atom stereocenters. The average molecular weight is 363 g/mol. The van der Waals surface area contributed by atoms with Gasteiger partial charge < -0.3 is 10.1 Å². The highest BCUT2D eigenvalue weighted by Crippen LogP contribution is 2.29. The van der Waals surface area contributed by atoms with E-state index in [1.54, 1.807) is 0 Å². The van der Waals surface area contributed by atoms with E-state index in [-0.39, 0.29) is 5.91 Å². The number of carbonyl (C=O) groups excluding carboxylic acids is 1. The van der Waals surface area contributed by atoms with Crippen LogP contribution in [-0.2, 0) is 18.3 Å². The zero-order valence-electron chi connectivity index (χ0n) is 16.2. The molecule has 0 spiro atoms. The number of hydrogen-bond donors (Lipinski definition) is 1. The van der Waals surface area contributed by atoms with Crippen molar-refractivity contribution in [3.63, 3.8) is 0 Å². The number of nitrogens with one attached hydrogen (secondary N) is 1. The van der Waals surface area contributed by atoms with E-state index in [0.717, 1.165) is 22.7 Å². The Bertz CT molecular complexity index is 943. The molecule has 1 N–H and O–H groups in total. The molecule has 2 aromatic carbocycles. The molecule has 0 radical (unpaired) electrons. The van der Waals surface area contributed by atoms with E-state index in [9.17, 15) is 4.79 Å². The van der Waals surface area contributed by atoms with Crippen LogP contribution in [0.3, 0.4) is 0 Å². The predicted molar refractivity (Wildman–Crippen MR) is 107 cm³/mol. The van der Waals surface area contributed by atoms with Crippen LogP contribution in [0.2, 0.25) is 0 Å². The maximum Gasteiger partial charge on any atom is 0.224 e. The van der Waals surface area contributed by atoms with Gasteiger partial charge in [0.2, 0.25) is 5.91 Å². The second kappa shape index (κ2) is 8.08. The fourth-order valence-corrected chi connectivity index (χ4v) is 3.02. The Morgan fingerprint density at radius 2 is 1.78 bits per heavy atom. The molecule has 5 nitrogen and oxygen atoms in total. The molecule has 140 valence electrons. The molecule has 0 saturated carbocycles. The second-order valence-corrected chi connectivity index (χ2v) is 6.73. The summed E-state index contributed by atoms with van der Waals surface area (Å²) in [5.41, 5.74) is 5.05. The molecule has 1 amide bonds. The van der Waals surface area contributed by atoms with Crippen LogP contribution in [0.5, 0.6) is 11.5 Å². The van der Waals surface area contributed by atoms with Crippen LogP contribution in [0.25, 0.3) is 0 Å². The highest BCUT2D eigenvalue weighted by atomic mass is 16.5. The van der Waals surface area contributed by atoms with Gasteiger partial charge in [0, 0.05) is 19.2 Å². The normalized spacial score (nSPS) is 10.7. The third-order valence-corrected chi connectivity index (χ3v) is 4.67. The number of benzene rings is 2. The molecular formula is C22H25N3O2. The number of nitrogens with zero attached hydrogens (tertiary/aromatic N) is 2. The number of ether oxygens (including phenoxy) is 1. The van der Waals surface area contributed by atoms with Crippen LogP contribution in [0.4, 0.5) is 5.69 Å². The number of anilines is 1. The second-order valence-electron chi connectivity index (χ2n) is 6.73. The van der Waals surface area contributed by atoms with Crippen molar-refractivity contribution in [1.29, 1.82) is 0 Å². The molecule has 5 heteroatoms. The third kappa shape index (κ3) is 4.56. The van der Waals surface area contributed by atoms with Gasteiger partial charge in [0.15, 0.2) is 5.75 Å². The molecule has 3 rings (SSSR count). The SMILES string of the molecule is Cc1ccc(Oc2ccccc2NC(=O)CCc2c(C)nn(C)c2C)cc1. The first kappa shape index (κ1) is 18.7. The van der Waals surface area contributed by atoms with Gasteiger partial charge >= 0.3 is 0 Å². The Balaban J connectivity index is 1.66. The van der Waals surface area contributed by atoms with Crippen LogP contribution in [-0.4, -0.2) is 15.7 Å². The molecule has 1 aromatic heterocycles. The molecule has 0 aliphatic heterocycles. The van der Waals surface area contributed by atoms with E-state index >= 15 is 0 Å². The van der Waals surface area contributed by atoms with Crippen molar-refractivity contribution >= 4 is 11.6 Å². The minimum Gasteiger partial charge on any atom is -0.455 e. The zero-order valence-corrected chi connectivity index (χ0v) is 16.2. The van der Waals surface area contributed by atoms with Crippen molar-refractivity contribution in [1.82, 2.24) is 9.78 Å². The highest BCUT2D eigenvalue weighted by Gasteiger charge is 2.13. The number of aromatic nitrogens is 2. The highest BCUT2D eigenvalue weighted by molar-refractivity contribution is 5.92. The lowest BCUT2D eigenvalue weighted by Crippen LogP contribution is -2.13. The minimum absolute atomic E-state index is 0.0439. The first-order chi connectivity index (χ1) is 12.9. The van der Waals surface area contributed by atoms with E-state index in [2.05, 4.69) is 10.4 Å². The topological polar surface area (TPSA) is 56.1 Å². The number of amides is 1. The van der Waals surface area contributed by atoms with Crippen molar-refractivity contribution in [2.24, 2.45) is 7.05 Å². The summed E-state index contributed by atoms with van der Waals surface area (Å²) in [6, 6.07) is 15.3. The van der Waals surface area contributed by atoms with Gasteiger partial charge in [0.25, 0.3) is 0 Å². The van der Waals surface area contributed by atoms with Gasteiger partial charge in [-0.1, -0.05) is 29.8 Å². The summed E-state index contributed by atoms with van der Waals surface area (Å²) in [6.45, 7) is 6.03. The molecule has 0 aliphatic rings. The molecule has 3 aromatic rings. The summed E-state index contributed by atoms with van der Waals surface area (Å²) in [7, 11) is 1.92. The zero-order chi connectivity index (χ0) is 19.4. The quantitative estimate of drug-likeness (QED) is 0.690. The smallest absolute Gasteiger partial charge is 0.224 e. The van der Waals surface area contributed by atoms with Crippen LogP contribution in [0, 0.1) is 20.8 Å². The van der Waals surface area contributed by atoms with Gasteiger partial charge in [-0.2, -0.15) is 5.10 Å². The van der Waals surface area contributed by atoms with Crippen molar-refractivity contribution < 1.29 is 9.53 Å². The maximum absolute atomic E-state index is 12.5. The van der Waals surface area contributed by atoms with Gasteiger partial charge in [0.1, 0.15) is 5.75 Å². The Morgan fingerprint density at radius 1 is 1.07 bits per heavy atom. The van der Waals surface area contributed by atoms with Gasteiger partial charge in [-0.25, -0.2) is 0 Å². The summed E-state index contributed by atoms with van der Waals surface area (Å²) in [5, 5.41) is 7.37. The first-order valence-electron chi connectivity index (χ1n) is 9.06. The van der Waals surface area contributed by atoms with Crippen LogP contribution in [0.15, 0.2) is 48.5 Å². The van der Waals surface area contributed by atoms with Gasteiger partial charge in [0.05, 0.1) is 11.4 Å². The number of para-hydroxylation sites is 2. The fraction of sp³-hybridized carbons (Fsp3) is 0.273. The molecule has 0 bridgehead atoms. The van der Waals surface area contributed by atoms with Gasteiger partial charge in [-0.05, 0) is 57.0 Å². The minimum atomic E-state index is -0.0439. The molecule has 0 unspecified atom stereocenters. The maximum atomic E-state index is 12.5. The molecule has 27 heavy (non-hydrogen) atoms. The average Bonchev–Trinajstić information content (AvgIpc) is 2.89. The standard InChI is InChI=1S/C22H25N3O2/c1-15-9-11-18(12-10-15)27-21-8-6-5-7-20(21)23-22(26)14-13-19-16(2)24-25(4)17(19)3/h5-12H,13-14H2,1-4H3,(H,23,26). The van der Waals surface area contributed by atoms with Crippen LogP contribution in [0.1, 0.15) is 28.9 Å². The summed E-state index contributed by atoms with van der Waals surface area (Å²) in [5.74, 6) is 1.32. The molecule has 0 saturated heterocycles. The van der Waals surface area contributed by atoms with E-state index in [1.165, 1.54) is 5.56 Å². The predicted octanol–water partition coefficient (Wildman–Crippen LogP) is 4.71. The Morgan fingerprint density at radius 3 is 2.44 bits per heavy atom. The fourth-order valence-electron chi connectivity index (χ4n) is 3.02. The summed E-state index contributed by atoms with van der Waals surface area (Å²) in [4.78, 5) is 12.5. The molecular weight excluding hydrogens is 338 g/mol. The van der Waals surface area contributed by atoms with Crippen molar-refractivity contribution in [2.75, 3.05) is 5.32 Å². The van der Waals surface area contributed by atoms with E-state index in [0.29, 0.717) is 24.3 Å². The number of rotatable bonds is 6. The van der Waals surface area contributed by atoms with E-state index < -0.39 is 0 Å². The number of carbonyl (C=O) groups is 1. The van der Waals surface area contributed by atoms with Gasteiger partial charge in [-0.3, -0.25) is 9.48 Å². The van der Waals surface area contributed by atoms with Crippen molar-refractivity contribution in [2.45, 2.75) is 33.6 Å². The first-order valence-corrected chi connectivity index (χ1v) is 9.06. The largest absolute Gasteiger partial charge is 0.455 e. The van der Waals surface area contributed by atoms with E-state index in [1.807, 2.05) is 81.0 Å². The Kier molecular flexibility index (Phi) is 5.60. The van der Waals surface area contributed by atoms with Crippen molar-refractivity contribution in [3.05, 3.63) is 71.0 Å². The van der Waals surface area contributed by atoms with Crippen LogP contribution >= 0.6 is 0 Å². The Labute approximate surface area is 160 Å². The summed E-state index contributed by atoms with van der Waals surface area (Å²) >= 11 is 0. The lowest BCUT2D eigenvalue weighted by Gasteiger charge is -2.12. The monoisotopic (exact) mass is 363 g/mol. The third-order valence-electron chi connectivity index (χ3n) is 4.67. The number of aryl methyl sites for hydroxylation is 3. The van der Waals surface area contributed by atoms with Crippen LogP contribution < -0.4 is 10.1 Å². The Hall–Kier alpha value is -3.08. The number of hydrogen-bond acceptors (Lipinski definition) is 3. The lowest BCUT2D eigenvalue weighted by molar-refractivity contribution is -0.116. The summed E-state index contributed by atoms with van der Waals surface area (Å²) < 4.78 is 7.80. The summed E-state index contributed by atoms with van der Waals surface area (Å²) in [6.07, 6.45) is 1.06. The molecule has 0 aliphatic carbocycles. The molecule has 1 heterocycles. The molecule has 0 fully saturated rings. The lowest BCUT2D eigenvalue weighted by atomic mass is 10.1. The van der Waals surface area contributed by atoms with Gasteiger partial charge in [-0.15, -0.1) is 0 Å².